The Hall–Kier alpha value is -1.53. The van der Waals surface area contributed by atoms with Crippen LogP contribution in [0, 0.1) is 0 Å². The van der Waals surface area contributed by atoms with Crippen molar-refractivity contribution in [3.05, 3.63) is 24.3 Å². The Morgan fingerprint density at radius 2 is 2.50 bits per heavy atom. The fourth-order valence-corrected chi connectivity index (χ4v) is 3.09. The van der Waals surface area contributed by atoms with E-state index in [1.807, 2.05) is 4.90 Å². The maximum absolute atomic E-state index is 12.4. The lowest BCUT2D eigenvalue weighted by atomic mass is 9.89. The first-order chi connectivity index (χ1) is 9.72. The van der Waals surface area contributed by atoms with Crippen LogP contribution in [0.2, 0.25) is 0 Å². The normalized spacial score (nSPS) is 29.9. The molecular formula is C14H19N3O3. The second-order valence-electron chi connectivity index (χ2n) is 5.48. The van der Waals surface area contributed by atoms with Gasteiger partial charge in [0.2, 0.25) is 0 Å². The number of likely N-dealkylation sites (tertiary alicyclic amines) is 1. The topological polar surface area (TPSA) is 64.6 Å². The molecule has 2 atom stereocenters. The first kappa shape index (κ1) is 13.5. The summed E-state index contributed by atoms with van der Waals surface area (Å²) < 4.78 is 11.3. The molecule has 0 N–H and O–H groups in total. The quantitative estimate of drug-likeness (QED) is 0.803. The van der Waals surface area contributed by atoms with Gasteiger partial charge in [-0.3, -0.25) is 4.79 Å². The van der Waals surface area contributed by atoms with Crippen molar-refractivity contribution < 1.29 is 14.3 Å². The Bertz CT molecular complexity index is 482. The molecule has 0 aliphatic carbocycles. The highest BCUT2D eigenvalue weighted by molar-refractivity contribution is 5.92. The molecule has 3 rings (SSSR count). The molecule has 0 radical (unpaired) electrons. The van der Waals surface area contributed by atoms with Crippen molar-refractivity contribution in [1.82, 2.24) is 14.9 Å². The standard InChI is InChI=1S/C14H19N3O3/c1-19-11-7-14(20-8-11)4-2-6-17(9-14)13(18)12-3-5-15-10-16-12/h3,5,10-11H,2,4,6-9H2,1H3/t11-,14+/m0/s1. The highest BCUT2D eigenvalue weighted by Crippen LogP contribution is 2.35. The minimum Gasteiger partial charge on any atom is -0.379 e. The number of amides is 1. The Kier molecular flexibility index (Phi) is 3.67. The summed E-state index contributed by atoms with van der Waals surface area (Å²) in [5, 5.41) is 0. The third-order valence-electron chi connectivity index (χ3n) is 4.14. The van der Waals surface area contributed by atoms with Crippen LogP contribution in [0.3, 0.4) is 0 Å². The highest BCUT2D eigenvalue weighted by atomic mass is 16.6. The van der Waals surface area contributed by atoms with Crippen molar-refractivity contribution in [2.24, 2.45) is 0 Å². The van der Waals surface area contributed by atoms with Gasteiger partial charge in [-0.25, -0.2) is 9.97 Å². The first-order valence-corrected chi connectivity index (χ1v) is 6.94. The molecule has 3 heterocycles. The second kappa shape index (κ2) is 5.46. The van der Waals surface area contributed by atoms with Crippen LogP contribution in [0.1, 0.15) is 29.8 Å². The van der Waals surface area contributed by atoms with E-state index in [1.54, 1.807) is 19.4 Å². The van der Waals surface area contributed by atoms with E-state index in [-0.39, 0.29) is 17.6 Å². The Morgan fingerprint density at radius 3 is 3.20 bits per heavy atom. The molecule has 0 unspecified atom stereocenters. The van der Waals surface area contributed by atoms with E-state index < -0.39 is 0 Å². The van der Waals surface area contributed by atoms with Gasteiger partial charge in [0.15, 0.2) is 0 Å². The summed E-state index contributed by atoms with van der Waals surface area (Å²) in [4.78, 5) is 22.2. The number of rotatable bonds is 2. The molecule has 0 bridgehead atoms. The average molecular weight is 277 g/mol. The highest BCUT2D eigenvalue weighted by Gasteiger charge is 2.44. The molecule has 1 spiro atoms. The second-order valence-corrected chi connectivity index (χ2v) is 5.48. The predicted molar refractivity (Wildman–Crippen MR) is 71.3 cm³/mol. The Labute approximate surface area is 118 Å². The number of nitrogens with zero attached hydrogens (tertiary/aromatic N) is 3. The summed E-state index contributed by atoms with van der Waals surface area (Å²) in [7, 11) is 1.71. The molecule has 1 aromatic rings. The maximum atomic E-state index is 12.4. The van der Waals surface area contributed by atoms with Gasteiger partial charge in [0.05, 0.1) is 24.9 Å². The number of carbonyl (C=O) groups excluding carboxylic acids is 1. The van der Waals surface area contributed by atoms with Gasteiger partial charge in [0.1, 0.15) is 12.0 Å². The summed E-state index contributed by atoms with van der Waals surface area (Å²) in [5.41, 5.74) is 0.208. The molecular weight excluding hydrogens is 258 g/mol. The monoisotopic (exact) mass is 277 g/mol. The smallest absolute Gasteiger partial charge is 0.272 e. The van der Waals surface area contributed by atoms with Gasteiger partial charge < -0.3 is 14.4 Å². The molecule has 1 amide bonds. The summed E-state index contributed by atoms with van der Waals surface area (Å²) >= 11 is 0. The summed E-state index contributed by atoms with van der Waals surface area (Å²) in [5.74, 6) is -0.0454. The fraction of sp³-hybridized carbons (Fsp3) is 0.643. The lowest BCUT2D eigenvalue weighted by Gasteiger charge is -2.39. The van der Waals surface area contributed by atoms with Crippen molar-refractivity contribution in [2.45, 2.75) is 31.0 Å². The number of ether oxygens (including phenoxy) is 2. The Morgan fingerprint density at radius 1 is 1.60 bits per heavy atom. The van der Waals surface area contributed by atoms with Crippen LogP contribution in [-0.2, 0) is 9.47 Å². The van der Waals surface area contributed by atoms with Gasteiger partial charge in [0.25, 0.3) is 5.91 Å². The van der Waals surface area contributed by atoms with E-state index in [1.165, 1.54) is 6.33 Å². The van der Waals surface area contributed by atoms with Crippen LogP contribution in [0.15, 0.2) is 18.6 Å². The third-order valence-corrected chi connectivity index (χ3v) is 4.14. The van der Waals surface area contributed by atoms with Crippen molar-refractivity contribution in [2.75, 3.05) is 26.8 Å². The molecule has 6 heteroatoms. The van der Waals surface area contributed by atoms with Gasteiger partial charge in [-0.15, -0.1) is 0 Å². The van der Waals surface area contributed by atoms with Crippen LogP contribution in [0.25, 0.3) is 0 Å². The lowest BCUT2D eigenvalue weighted by Crippen LogP contribution is -2.50. The van der Waals surface area contributed by atoms with Gasteiger partial charge >= 0.3 is 0 Å². The zero-order valence-electron chi connectivity index (χ0n) is 11.6. The average Bonchev–Trinajstić information content (AvgIpc) is 2.90. The van der Waals surface area contributed by atoms with Crippen molar-refractivity contribution >= 4 is 5.91 Å². The van der Waals surface area contributed by atoms with E-state index in [9.17, 15) is 4.79 Å². The number of hydrogen-bond donors (Lipinski definition) is 0. The fourth-order valence-electron chi connectivity index (χ4n) is 3.09. The molecule has 0 saturated carbocycles. The molecule has 20 heavy (non-hydrogen) atoms. The first-order valence-electron chi connectivity index (χ1n) is 6.94. The number of carbonyl (C=O) groups is 1. The molecule has 2 saturated heterocycles. The van der Waals surface area contributed by atoms with Crippen LogP contribution >= 0.6 is 0 Å². The number of methoxy groups -OCH3 is 1. The number of hydrogen-bond acceptors (Lipinski definition) is 5. The maximum Gasteiger partial charge on any atom is 0.272 e. The van der Waals surface area contributed by atoms with Crippen LogP contribution in [-0.4, -0.2) is 59.3 Å². The zero-order chi connectivity index (χ0) is 14.0. The molecule has 2 aliphatic heterocycles. The van der Waals surface area contributed by atoms with E-state index in [0.29, 0.717) is 18.8 Å². The van der Waals surface area contributed by atoms with E-state index in [0.717, 1.165) is 25.8 Å². The number of aromatic nitrogens is 2. The zero-order valence-corrected chi connectivity index (χ0v) is 11.6. The van der Waals surface area contributed by atoms with E-state index >= 15 is 0 Å². The number of piperidine rings is 1. The minimum atomic E-state index is -0.235. The van der Waals surface area contributed by atoms with Gasteiger partial charge in [-0.2, -0.15) is 0 Å². The third kappa shape index (κ3) is 2.53. The van der Waals surface area contributed by atoms with Gasteiger partial charge in [-0.1, -0.05) is 0 Å². The molecule has 6 nitrogen and oxygen atoms in total. The van der Waals surface area contributed by atoms with Crippen LogP contribution in [0.4, 0.5) is 0 Å². The van der Waals surface area contributed by atoms with Crippen molar-refractivity contribution in [3.8, 4) is 0 Å². The van der Waals surface area contributed by atoms with E-state index in [4.69, 9.17) is 9.47 Å². The molecule has 2 fully saturated rings. The van der Waals surface area contributed by atoms with Crippen molar-refractivity contribution in [3.63, 3.8) is 0 Å². The van der Waals surface area contributed by atoms with E-state index in [2.05, 4.69) is 9.97 Å². The molecule has 108 valence electrons. The SMILES string of the molecule is CO[C@@H]1CO[C@]2(CCCN(C(=O)c3ccncn3)C2)C1. The summed E-state index contributed by atoms with van der Waals surface area (Å²) in [6, 6.07) is 1.65. The van der Waals surface area contributed by atoms with Crippen LogP contribution in [0.5, 0.6) is 0 Å². The van der Waals surface area contributed by atoms with Gasteiger partial charge in [-0.05, 0) is 18.9 Å². The van der Waals surface area contributed by atoms with Crippen LogP contribution < -0.4 is 0 Å². The molecule has 2 aliphatic rings. The predicted octanol–water partition coefficient (Wildman–Crippen LogP) is 0.887. The summed E-state index contributed by atoms with van der Waals surface area (Å²) in [6.45, 7) is 1.99. The molecule has 1 aromatic heterocycles. The molecule has 0 aromatic carbocycles. The largest absolute Gasteiger partial charge is 0.379 e. The minimum absolute atomic E-state index is 0.0454. The van der Waals surface area contributed by atoms with Gasteiger partial charge in [0, 0.05) is 26.3 Å². The summed E-state index contributed by atoms with van der Waals surface area (Å²) in [6.07, 6.45) is 5.93. The van der Waals surface area contributed by atoms with Crippen molar-refractivity contribution in [1.29, 1.82) is 0 Å². The lowest BCUT2D eigenvalue weighted by molar-refractivity contribution is -0.0459. The Balaban J connectivity index is 1.71.